The Kier molecular flexibility index (Phi) is 6.69. The molecule has 0 spiro atoms. The van der Waals surface area contributed by atoms with E-state index < -0.39 is 11.7 Å². The lowest BCUT2D eigenvalue weighted by atomic mass is 9.87. The molecule has 2 aromatic rings. The summed E-state index contributed by atoms with van der Waals surface area (Å²) in [4.78, 5) is 23.1. The third-order valence-corrected chi connectivity index (χ3v) is 6.55. The predicted molar refractivity (Wildman–Crippen MR) is 117 cm³/mol. The number of likely N-dealkylation sites (N-methyl/N-ethyl adjacent to an activating group) is 1. The Labute approximate surface area is 186 Å². The predicted octanol–water partition coefficient (Wildman–Crippen LogP) is 4.15. The van der Waals surface area contributed by atoms with E-state index in [-0.39, 0.29) is 11.9 Å². The average molecular weight is 447 g/mol. The smallest absolute Gasteiger partial charge is 0.355 e. The first-order chi connectivity index (χ1) is 15.3. The third-order valence-electron chi connectivity index (χ3n) is 6.55. The number of anilines is 1. The Bertz CT molecular complexity index is 932. The first kappa shape index (κ1) is 22.6. The van der Waals surface area contributed by atoms with Gasteiger partial charge in [0.05, 0.1) is 18.2 Å². The number of aromatic nitrogens is 1. The number of aryl methyl sites for hydroxylation is 1. The maximum atomic E-state index is 13.1. The van der Waals surface area contributed by atoms with E-state index >= 15 is 0 Å². The number of fused-ring (bicyclic) bond motifs is 1. The zero-order valence-electron chi connectivity index (χ0n) is 18.3. The Morgan fingerprint density at radius 3 is 2.66 bits per heavy atom. The van der Waals surface area contributed by atoms with Gasteiger partial charge in [-0.3, -0.25) is 9.69 Å². The maximum Gasteiger partial charge on any atom is 0.417 e. The van der Waals surface area contributed by atoms with Crippen molar-refractivity contribution in [2.24, 2.45) is 0 Å². The van der Waals surface area contributed by atoms with Crippen molar-refractivity contribution in [3.05, 3.63) is 59.3 Å². The number of amides is 1. The summed E-state index contributed by atoms with van der Waals surface area (Å²) in [5, 5.41) is 0. The topological polar surface area (TPSA) is 39.7 Å². The van der Waals surface area contributed by atoms with E-state index in [1.165, 1.54) is 17.2 Å². The third kappa shape index (κ3) is 5.06. The van der Waals surface area contributed by atoms with Gasteiger partial charge < -0.3 is 9.80 Å². The minimum absolute atomic E-state index is 0.104. The van der Waals surface area contributed by atoms with Crippen LogP contribution in [0.25, 0.3) is 0 Å². The molecule has 1 atom stereocenters. The minimum Gasteiger partial charge on any atom is -0.355 e. The molecule has 1 amide bonds. The van der Waals surface area contributed by atoms with E-state index in [9.17, 15) is 18.0 Å². The molecule has 1 aromatic carbocycles. The molecule has 0 bridgehead atoms. The second-order valence-electron chi connectivity index (χ2n) is 8.63. The number of benzene rings is 1. The van der Waals surface area contributed by atoms with Gasteiger partial charge in [-0.25, -0.2) is 4.98 Å². The van der Waals surface area contributed by atoms with Crippen LogP contribution in [0.15, 0.2) is 42.6 Å². The monoisotopic (exact) mass is 446 g/mol. The zero-order valence-corrected chi connectivity index (χ0v) is 18.3. The van der Waals surface area contributed by atoms with Gasteiger partial charge in [0.15, 0.2) is 0 Å². The molecule has 8 heteroatoms. The Hall–Kier alpha value is -2.61. The van der Waals surface area contributed by atoms with Crippen molar-refractivity contribution >= 4 is 11.7 Å². The molecule has 1 unspecified atom stereocenters. The van der Waals surface area contributed by atoms with Crippen LogP contribution in [0.3, 0.4) is 0 Å². The Balaban J connectivity index is 1.35. The van der Waals surface area contributed by atoms with Crippen molar-refractivity contribution in [3.8, 4) is 0 Å². The second-order valence-corrected chi connectivity index (χ2v) is 8.63. The van der Waals surface area contributed by atoms with Crippen molar-refractivity contribution < 1.29 is 18.0 Å². The molecule has 4 rings (SSSR count). The molecule has 1 aliphatic heterocycles. The van der Waals surface area contributed by atoms with E-state index in [4.69, 9.17) is 0 Å². The van der Waals surface area contributed by atoms with Crippen molar-refractivity contribution in [2.45, 2.75) is 37.9 Å². The summed E-state index contributed by atoms with van der Waals surface area (Å²) in [5.41, 5.74) is 1.85. The summed E-state index contributed by atoms with van der Waals surface area (Å²) < 4.78 is 38.4. The van der Waals surface area contributed by atoms with Crippen LogP contribution in [0.4, 0.5) is 19.0 Å². The highest BCUT2D eigenvalue weighted by Gasteiger charge is 2.31. The number of rotatable bonds is 4. The van der Waals surface area contributed by atoms with E-state index in [2.05, 4.69) is 28.1 Å². The van der Waals surface area contributed by atoms with Crippen molar-refractivity contribution in [2.75, 3.05) is 44.7 Å². The fraction of sp³-hybridized carbons (Fsp3) is 0.500. The second kappa shape index (κ2) is 9.48. The summed E-state index contributed by atoms with van der Waals surface area (Å²) in [7, 11) is 1.89. The highest BCUT2D eigenvalue weighted by Crippen LogP contribution is 2.33. The molecule has 2 heterocycles. The first-order valence-electron chi connectivity index (χ1n) is 11.2. The van der Waals surface area contributed by atoms with Gasteiger partial charge in [0.1, 0.15) is 5.82 Å². The van der Waals surface area contributed by atoms with Crippen molar-refractivity contribution in [1.82, 2.24) is 14.8 Å². The molecule has 172 valence electrons. The number of hydrogen-bond donors (Lipinski definition) is 0. The van der Waals surface area contributed by atoms with Gasteiger partial charge in [-0.15, -0.1) is 0 Å². The standard InChI is InChI=1S/C24H29F3N4O/c1-29(21-9-4-7-18-6-2-3-8-20(18)21)23(32)17-30-12-5-13-31(15-14-30)22-11-10-19(16-28-22)24(25,26)27/h2-3,6,8,10-11,16,21H,4-5,7,9,12-15,17H2,1H3. The number of pyridine rings is 1. The summed E-state index contributed by atoms with van der Waals surface area (Å²) in [6.07, 6.45) is 0.455. The number of alkyl halides is 3. The molecule has 1 aliphatic carbocycles. The molecule has 2 aliphatic rings. The largest absolute Gasteiger partial charge is 0.417 e. The maximum absolute atomic E-state index is 13.1. The van der Waals surface area contributed by atoms with E-state index in [1.807, 2.05) is 22.9 Å². The first-order valence-corrected chi connectivity index (χ1v) is 11.2. The average Bonchev–Trinajstić information content (AvgIpc) is 3.03. The Morgan fingerprint density at radius 1 is 1.09 bits per heavy atom. The SMILES string of the molecule is CN(C(=O)CN1CCCN(c2ccc(C(F)(F)F)cn2)CC1)C1CCCc2ccccc21. The number of carbonyl (C=O) groups excluding carboxylic acids is 1. The van der Waals surface area contributed by atoms with Crippen LogP contribution in [0.2, 0.25) is 0 Å². The van der Waals surface area contributed by atoms with Gasteiger partial charge >= 0.3 is 6.18 Å². The van der Waals surface area contributed by atoms with Crippen molar-refractivity contribution in [1.29, 1.82) is 0 Å². The lowest BCUT2D eigenvalue weighted by molar-refractivity contribution is -0.138. The highest BCUT2D eigenvalue weighted by atomic mass is 19.4. The van der Waals surface area contributed by atoms with Crippen LogP contribution in [-0.4, -0.2) is 60.5 Å². The molecule has 5 nitrogen and oxygen atoms in total. The highest BCUT2D eigenvalue weighted by molar-refractivity contribution is 5.78. The van der Waals surface area contributed by atoms with Gasteiger partial charge in [-0.2, -0.15) is 13.2 Å². The van der Waals surface area contributed by atoms with E-state index in [0.29, 0.717) is 32.0 Å². The zero-order chi connectivity index (χ0) is 22.7. The summed E-state index contributed by atoms with van der Waals surface area (Å²) in [5.74, 6) is 0.648. The summed E-state index contributed by atoms with van der Waals surface area (Å²) >= 11 is 0. The quantitative estimate of drug-likeness (QED) is 0.708. The van der Waals surface area contributed by atoms with Gasteiger partial charge in [-0.05, 0) is 48.9 Å². The summed E-state index contributed by atoms with van der Waals surface area (Å²) in [6.45, 7) is 3.13. The fourth-order valence-electron chi connectivity index (χ4n) is 4.71. The molecular weight excluding hydrogens is 417 g/mol. The van der Waals surface area contributed by atoms with Crippen LogP contribution in [0.1, 0.15) is 42.0 Å². The van der Waals surface area contributed by atoms with Crippen LogP contribution >= 0.6 is 0 Å². The van der Waals surface area contributed by atoms with Crippen LogP contribution in [0, 0.1) is 0 Å². The van der Waals surface area contributed by atoms with E-state index in [0.717, 1.165) is 44.5 Å². The molecular formula is C24H29F3N4O. The van der Waals surface area contributed by atoms with Gasteiger partial charge in [0.2, 0.25) is 5.91 Å². The number of carbonyl (C=O) groups is 1. The molecule has 1 fully saturated rings. The number of halogens is 3. The van der Waals surface area contributed by atoms with Crippen molar-refractivity contribution in [3.63, 3.8) is 0 Å². The molecule has 1 aromatic heterocycles. The van der Waals surface area contributed by atoms with Gasteiger partial charge in [-0.1, -0.05) is 24.3 Å². The van der Waals surface area contributed by atoms with Gasteiger partial charge in [0, 0.05) is 39.4 Å². The number of nitrogens with zero attached hydrogens (tertiary/aromatic N) is 4. The molecule has 0 N–H and O–H groups in total. The lowest BCUT2D eigenvalue weighted by Gasteiger charge is -2.34. The molecule has 32 heavy (non-hydrogen) atoms. The normalized spacial score (nSPS) is 19.9. The molecule has 1 saturated heterocycles. The fourth-order valence-corrected chi connectivity index (χ4v) is 4.71. The molecule has 0 saturated carbocycles. The van der Waals surface area contributed by atoms with Crippen LogP contribution < -0.4 is 4.90 Å². The van der Waals surface area contributed by atoms with Crippen LogP contribution in [-0.2, 0) is 17.4 Å². The number of hydrogen-bond acceptors (Lipinski definition) is 4. The van der Waals surface area contributed by atoms with E-state index in [1.54, 1.807) is 0 Å². The summed E-state index contributed by atoms with van der Waals surface area (Å²) in [6, 6.07) is 11.0. The van der Waals surface area contributed by atoms with Gasteiger partial charge in [0.25, 0.3) is 0 Å². The van der Waals surface area contributed by atoms with Crippen LogP contribution in [0.5, 0.6) is 0 Å². The lowest BCUT2D eigenvalue weighted by Crippen LogP contribution is -2.42. The Morgan fingerprint density at radius 2 is 1.91 bits per heavy atom. The molecule has 0 radical (unpaired) electrons. The minimum atomic E-state index is -4.38.